The van der Waals surface area contributed by atoms with Crippen molar-refractivity contribution in [3.63, 3.8) is 0 Å². The summed E-state index contributed by atoms with van der Waals surface area (Å²) < 4.78 is 0. The number of hydrogen-bond donors (Lipinski definition) is 1. The highest BCUT2D eigenvalue weighted by Gasteiger charge is 2.28. The third kappa shape index (κ3) is 3.49. The van der Waals surface area contributed by atoms with Gasteiger partial charge in [0.05, 0.1) is 0 Å². The molecule has 3 heteroatoms. The second-order valence-electron chi connectivity index (χ2n) is 4.04. The molecule has 1 fully saturated rings. The summed E-state index contributed by atoms with van der Waals surface area (Å²) in [5.41, 5.74) is 1.11. The van der Waals surface area contributed by atoms with E-state index in [9.17, 15) is 9.90 Å². The van der Waals surface area contributed by atoms with E-state index in [4.69, 9.17) is 0 Å². The fourth-order valence-electron chi connectivity index (χ4n) is 1.83. The van der Waals surface area contributed by atoms with Gasteiger partial charge in [-0.2, -0.15) is 0 Å². The van der Waals surface area contributed by atoms with Crippen LogP contribution in [0.1, 0.15) is 39.5 Å². The van der Waals surface area contributed by atoms with E-state index in [2.05, 4.69) is 26.0 Å². The number of aliphatic hydroxyl groups excluding tert-OH is 1. The summed E-state index contributed by atoms with van der Waals surface area (Å²) in [6, 6.07) is 0. The Labute approximate surface area is 97.4 Å². The highest BCUT2D eigenvalue weighted by Crippen LogP contribution is 2.18. The molecule has 0 spiro atoms. The van der Waals surface area contributed by atoms with Crippen LogP contribution in [0, 0.1) is 0 Å². The quantitative estimate of drug-likeness (QED) is 0.726. The summed E-state index contributed by atoms with van der Waals surface area (Å²) in [5, 5.41) is 9.66. The van der Waals surface area contributed by atoms with E-state index in [0.29, 0.717) is 19.4 Å². The summed E-state index contributed by atoms with van der Waals surface area (Å²) in [5.74, 6) is 0.0550. The molecule has 0 bridgehead atoms. The van der Waals surface area contributed by atoms with E-state index in [1.165, 1.54) is 0 Å². The normalized spacial score (nSPS) is 22.4. The molecule has 0 aromatic heterocycles. The predicted octanol–water partition coefficient (Wildman–Crippen LogP) is 2.23. The summed E-state index contributed by atoms with van der Waals surface area (Å²) in [6.45, 7) is 4.68. The highest BCUT2D eigenvalue weighted by molar-refractivity contribution is 5.78. The maximum Gasteiger partial charge on any atom is 0.225 e. The van der Waals surface area contributed by atoms with E-state index < -0.39 is 6.23 Å². The molecular weight excluding hydrogens is 202 g/mol. The van der Waals surface area contributed by atoms with Gasteiger partial charge >= 0.3 is 0 Å². The van der Waals surface area contributed by atoms with Crippen LogP contribution in [0.5, 0.6) is 0 Å². The average molecular weight is 223 g/mol. The van der Waals surface area contributed by atoms with Gasteiger partial charge < -0.3 is 10.0 Å². The number of carbonyl (C=O) groups is 1. The first-order valence-electron chi connectivity index (χ1n) is 6.02. The van der Waals surface area contributed by atoms with Crippen molar-refractivity contribution < 1.29 is 9.90 Å². The molecule has 1 unspecified atom stereocenters. The van der Waals surface area contributed by atoms with E-state index in [1.54, 1.807) is 4.90 Å². The molecule has 0 aliphatic carbocycles. The van der Waals surface area contributed by atoms with Gasteiger partial charge in [0.15, 0.2) is 0 Å². The van der Waals surface area contributed by atoms with Gasteiger partial charge in [-0.15, -0.1) is 0 Å². The fourth-order valence-corrected chi connectivity index (χ4v) is 1.83. The Bertz CT molecular complexity index is 294. The second kappa shape index (κ2) is 6.48. The first-order chi connectivity index (χ1) is 7.69. The Morgan fingerprint density at radius 1 is 1.50 bits per heavy atom. The van der Waals surface area contributed by atoms with Crippen LogP contribution in [-0.2, 0) is 4.79 Å². The predicted molar refractivity (Wildman–Crippen MR) is 64.8 cm³/mol. The Morgan fingerprint density at radius 3 is 2.75 bits per heavy atom. The highest BCUT2D eigenvalue weighted by atomic mass is 16.3. The molecule has 1 atom stereocenters. The number of nitrogens with zero attached hydrogens (tertiary/aromatic N) is 1. The minimum Gasteiger partial charge on any atom is -0.373 e. The van der Waals surface area contributed by atoms with Gasteiger partial charge in [0, 0.05) is 19.4 Å². The van der Waals surface area contributed by atoms with Gasteiger partial charge in [0.2, 0.25) is 5.91 Å². The molecule has 1 aliphatic heterocycles. The van der Waals surface area contributed by atoms with Crippen LogP contribution in [0.4, 0.5) is 0 Å². The van der Waals surface area contributed by atoms with Crippen LogP contribution in [0.3, 0.4) is 0 Å². The monoisotopic (exact) mass is 223 g/mol. The number of likely N-dealkylation sites (tertiary alicyclic amines) is 1. The lowest BCUT2D eigenvalue weighted by Crippen LogP contribution is -2.34. The van der Waals surface area contributed by atoms with Gasteiger partial charge in [-0.25, -0.2) is 0 Å². The standard InChI is InChI=1S/C13H21NO2/c1-3-5-7-11(6-4-2)10-14-12(15)8-9-13(14)16/h5-7,12,15H,3-4,8-10H2,1-2H3/b7-5-,11-6+. The van der Waals surface area contributed by atoms with Crippen molar-refractivity contribution in [1.82, 2.24) is 4.90 Å². The summed E-state index contributed by atoms with van der Waals surface area (Å²) in [4.78, 5) is 13.1. The van der Waals surface area contributed by atoms with Crippen LogP contribution in [0.15, 0.2) is 23.8 Å². The van der Waals surface area contributed by atoms with E-state index in [-0.39, 0.29) is 5.91 Å². The molecular formula is C13H21NO2. The fraction of sp³-hybridized carbons (Fsp3) is 0.615. The number of aliphatic hydroxyl groups is 1. The van der Waals surface area contributed by atoms with Crippen molar-refractivity contribution in [2.24, 2.45) is 0 Å². The summed E-state index contributed by atoms with van der Waals surface area (Å²) >= 11 is 0. The van der Waals surface area contributed by atoms with Gasteiger partial charge in [-0.05, 0) is 18.4 Å². The molecule has 1 saturated heterocycles. The summed E-state index contributed by atoms with van der Waals surface area (Å²) in [7, 11) is 0. The molecule has 0 aromatic rings. The molecule has 1 amide bonds. The van der Waals surface area contributed by atoms with Crippen LogP contribution in [0.25, 0.3) is 0 Å². The van der Waals surface area contributed by atoms with Crippen LogP contribution in [-0.4, -0.2) is 28.7 Å². The smallest absolute Gasteiger partial charge is 0.225 e. The number of amides is 1. The largest absolute Gasteiger partial charge is 0.373 e. The lowest BCUT2D eigenvalue weighted by molar-refractivity contribution is -0.132. The minimum atomic E-state index is -0.595. The first kappa shape index (κ1) is 13.0. The SMILES string of the molecule is CC/C=C\C(=C/CC)CN1C(=O)CCC1O. The molecule has 1 rings (SSSR count). The Kier molecular flexibility index (Phi) is 5.26. The van der Waals surface area contributed by atoms with Gasteiger partial charge in [-0.3, -0.25) is 4.79 Å². The van der Waals surface area contributed by atoms with Crippen molar-refractivity contribution in [2.75, 3.05) is 6.54 Å². The van der Waals surface area contributed by atoms with Crippen LogP contribution < -0.4 is 0 Å². The molecule has 0 aromatic carbocycles. The second-order valence-corrected chi connectivity index (χ2v) is 4.04. The first-order valence-corrected chi connectivity index (χ1v) is 6.02. The number of rotatable bonds is 5. The number of allylic oxidation sites excluding steroid dienone is 2. The van der Waals surface area contributed by atoms with E-state index in [0.717, 1.165) is 18.4 Å². The zero-order valence-electron chi connectivity index (χ0n) is 10.1. The molecule has 1 aliphatic rings. The lowest BCUT2D eigenvalue weighted by Gasteiger charge is -2.21. The summed E-state index contributed by atoms with van der Waals surface area (Å²) in [6.07, 6.45) is 8.59. The Balaban J connectivity index is 2.64. The Morgan fingerprint density at radius 2 is 2.25 bits per heavy atom. The van der Waals surface area contributed by atoms with Gasteiger partial charge in [-0.1, -0.05) is 32.1 Å². The number of carbonyl (C=O) groups excluding carboxylic acids is 1. The molecule has 0 radical (unpaired) electrons. The molecule has 0 saturated carbocycles. The topological polar surface area (TPSA) is 40.5 Å². The molecule has 16 heavy (non-hydrogen) atoms. The van der Waals surface area contributed by atoms with Crippen molar-refractivity contribution in [3.05, 3.63) is 23.8 Å². The molecule has 90 valence electrons. The van der Waals surface area contributed by atoms with Gasteiger partial charge in [0.25, 0.3) is 0 Å². The molecule has 1 N–H and O–H groups in total. The Hall–Kier alpha value is -1.09. The zero-order chi connectivity index (χ0) is 12.0. The maximum absolute atomic E-state index is 11.5. The van der Waals surface area contributed by atoms with Crippen molar-refractivity contribution in [1.29, 1.82) is 0 Å². The average Bonchev–Trinajstić information content (AvgIpc) is 2.57. The van der Waals surface area contributed by atoms with Gasteiger partial charge in [0.1, 0.15) is 6.23 Å². The van der Waals surface area contributed by atoms with Crippen LogP contribution in [0.2, 0.25) is 0 Å². The third-order valence-corrected chi connectivity index (χ3v) is 2.68. The van der Waals surface area contributed by atoms with E-state index in [1.807, 2.05) is 6.08 Å². The minimum absolute atomic E-state index is 0.0550. The molecule has 1 heterocycles. The third-order valence-electron chi connectivity index (χ3n) is 2.68. The maximum atomic E-state index is 11.5. The van der Waals surface area contributed by atoms with E-state index >= 15 is 0 Å². The van der Waals surface area contributed by atoms with Crippen molar-refractivity contribution >= 4 is 5.91 Å². The number of hydrogen-bond acceptors (Lipinski definition) is 2. The van der Waals surface area contributed by atoms with Crippen molar-refractivity contribution in [3.8, 4) is 0 Å². The zero-order valence-corrected chi connectivity index (χ0v) is 10.1. The lowest BCUT2D eigenvalue weighted by atomic mass is 10.2. The van der Waals surface area contributed by atoms with Crippen molar-refractivity contribution in [2.45, 2.75) is 45.8 Å². The van der Waals surface area contributed by atoms with Crippen LogP contribution >= 0.6 is 0 Å². The molecule has 3 nitrogen and oxygen atoms in total.